The summed E-state index contributed by atoms with van der Waals surface area (Å²) in [6, 6.07) is 0. The number of carbonyl (C=O) groups is 2. The van der Waals surface area contributed by atoms with Crippen LogP contribution in [0.5, 0.6) is 0 Å². The highest BCUT2D eigenvalue weighted by molar-refractivity contribution is 14.1. The molecular weight excluding hydrogens is 349 g/mol. The Labute approximate surface area is 121 Å². The van der Waals surface area contributed by atoms with Gasteiger partial charge in [-0.3, -0.25) is 4.79 Å². The summed E-state index contributed by atoms with van der Waals surface area (Å²) in [6.07, 6.45) is 0.949. The molecule has 104 valence electrons. The van der Waals surface area contributed by atoms with Gasteiger partial charge in [-0.25, -0.2) is 4.79 Å². The van der Waals surface area contributed by atoms with Crippen LogP contribution in [0.2, 0.25) is 0 Å². The highest BCUT2D eigenvalue weighted by atomic mass is 127. The molecule has 0 radical (unpaired) electrons. The van der Waals surface area contributed by atoms with Crippen LogP contribution in [-0.2, 0) is 14.3 Å². The predicted octanol–water partition coefficient (Wildman–Crippen LogP) is 2.36. The molecule has 0 saturated carbocycles. The summed E-state index contributed by atoms with van der Waals surface area (Å²) in [7, 11) is 0. The molecule has 1 amide bonds. The summed E-state index contributed by atoms with van der Waals surface area (Å²) < 4.78 is 10.9. The van der Waals surface area contributed by atoms with Gasteiger partial charge >= 0.3 is 6.09 Å². The van der Waals surface area contributed by atoms with E-state index in [9.17, 15) is 9.59 Å². The van der Waals surface area contributed by atoms with Gasteiger partial charge in [0.2, 0.25) is 0 Å². The number of hydrogen-bond acceptors (Lipinski definition) is 4. The van der Waals surface area contributed by atoms with Crippen LogP contribution >= 0.6 is 22.6 Å². The van der Waals surface area contributed by atoms with Crippen molar-refractivity contribution in [3.8, 4) is 0 Å². The minimum absolute atomic E-state index is 0.0215. The van der Waals surface area contributed by atoms with Crippen LogP contribution in [0, 0.1) is 0 Å². The number of rotatable bonds is 4. The van der Waals surface area contributed by atoms with E-state index in [0.717, 1.165) is 6.42 Å². The summed E-state index contributed by atoms with van der Waals surface area (Å²) in [6.45, 7) is 7.17. The van der Waals surface area contributed by atoms with Crippen LogP contribution in [-0.4, -0.2) is 46.2 Å². The van der Waals surface area contributed by atoms with E-state index in [1.165, 1.54) is 0 Å². The fourth-order valence-electron chi connectivity index (χ4n) is 1.66. The van der Waals surface area contributed by atoms with Crippen molar-refractivity contribution in [3.05, 3.63) is 0 Å². The molecule has 1 atom stereocenters. The molecule has 18 heavy (non-hydrogen) atoms. The van der Waals surface area contributed by atoms with Crippen LogP contribution in [0.1, 0.15) is 33.6 Å². The van der Waals surface area contributed by atoms with Gasteiger partial charge in [0.15, 0.2) is 3.79 Å². The smallest absolute Gasteiger partial charge is 0.410 e. The van der Waals surface area contributed by atoms with Gasteiger partial charge in [0.25, 0.3) is 0 Å². The molecule has 1 aliphatic rings. The van der Waals surface area contributed by atoms with E-state index >= 15 is 0 Å². The number of hydrogen-bond donors (Lipinski definition) is 0. The largest absolute Gasteiger partial charge is 0.444 e. The number of nitrogens with zero attached hydrogens (tertiary/aromatic N) is 1. The molecular formula is C12H20INO4. The molecule has 5 nitrogen and oxygen atoms in total. The third-order valence-corrected chi connectivity index (χ3v) is 2.99. The van der Waals surface area contributed by atoms with Crippen LogP contribution in [0.15, 0.2) is 0 Å². The first-order valence-corrected chi connectivity index (χ1v) is 7.13. The number of likely N-dealkylation sites (tertiary alicyclic amines) is 1. The predicted molar refractivity (Wildman–Crippen MR) is 75.8 cm³/mol. The summed E-state index contributed by atoms with van der Waals surface area (Å²) in [5.74, 6) is 0. The van der Waals surface area contributed by atoms with Crippen molar-refractivity contribution < 1.29 is 19.1 Å². The van der Waals surface area contributed by atoms with E-state index in [0.29, 0.717) is 26.1 Å². The molecule has 6 heteroatoms. The molecule has 0 aliphatic carbocycles. The molecule has 0 aromatic heterocycles. The second-order valence-corrected chi connectivity index (χ2v) is 6.52. The van der Waals surface area contributed by atoms with Gasteiger partial charge in [-0.1, -0.05) is 0 Å². The van der Waals surface area contributed by atoms with Gasteiger partial charge in [-0.05, 0) is 49.8 Å². The highest BCUT2D eigenvalue weighted by Crippen LogP contribution is 2.17. The maximum absolute atomic E-state index is 11.8. The normalized spacial score (nSPS) is 20.0. The molecule has 1 fully saturated rings. The molecule has 0 aromatic rings. The van der Waals surface area contributed by atoms with Gasteiger partial charge in [-0.15, -0.1) is 0 Å². The summed E-state index contributed by atoms with van der Waals surface area (Å²) in [5, 5.41) is 0. The average molecular weight is 369 g/mol. The lowest BCUT2D eigenvalue weighted by Gasteiger charge is -2.24. The Bertz CT molecular complexity index is 314. The topological polar surface area (TPSA) is 55.8 Å². The fourth-order valence-corrected chi connectivity index (χ4v) is 1.88. The van der Waals surface area contributed by atoms with Crippen LogP contribution < -0.4 is 0 Å². The minimum atomic E-state index is -0.469. The van der Waals surface area contributed by atoms with Crippen molar-refractivity contribution in [1.29, 1.82) is 0 Å². The Morgan fingerprint density at radius 1 is 1.39 bits per heavy atom. The van der Waals surface area contributed by atoms with Gasteiger partial charge in [-0.2, -0.15) is 0 Å². The first kappa shape index (κ1) is 15.7. The second kappa shape index (κ2) is 6.70. The Hall–Kier alpha value is -0.370. The summed E-state index contributed by atoms with van der Waals surface area (Å²) in [5.41, 5.74) is -0.469. The van der Waals surface area contributed by atoms with E-state index in [1.807, 2.05) is 20.8 Å². The van der Waals surface area contributed by atoms with E-state index < -0.39 is 5.60 Å². The first-order valence-electron chi connectivity index (χ1n) is 6.06. The first-order chi connectivity index (χ1) is 8.28. The average Bonchev–Trinajstić information content (AvgIpc) is 2.63. The van der Waals surface area contributed by atoms with Crippen molar-refractivity contribution in [2.24, 2.45) is 0 Å². The number of halogens is 1. The number of ether oxygens (including phenoxy) is 2. The Morgan fingerprint density at radius 2 is 2.06 bits per heavy atom. The van der Waals surface area contributed by atoms with E-state index in [1.54, 1.807) is 27.5 Å². The number of amides is 1. The van der Waals surface area contributed by atoms with Crippen molar-refractivity contribution in [2.45, 2.75) is 45.3 Å². The van der Waals surface area contributed by atoms with Crippen LogP contribution in [0.3, 0.4) is 0 Å². The molecule has 0 spiro atoms. The van der Waals surface area contributed by atoms with Gasteiger partial charge < -0.3 is 14.4 Å². The van der Waals surface area contributed by atoms with Crippen LogP contribution in [0.4, 0.5) is 4.79 Å². The van der Waals surface area contributed by atoms with Crippen LogP contribution in [0.25, 0.3) is 0 Å². The third-order valence-electron chi connectivity index (χ3n) is 2.45. The number of carbonyl (C=O) groups excluding carboxylic acids is 2. The van der Waals surface area contributed by atoms with E-state index in [-0.39, 0.29) is 16.0 Å². The van der Waals surface area contributed by atoms with Crippen molar-refractivity contribution in [1.82, 2.24) is 4.90 Å². The lowest BCUT2D eigenvalue weighted by molar-refractivity contribution is -0.110. The van der Waals surface area contributed by atoms with Gasteiger partial charge in [0.05, 0.1) is 19.3 Å². The zero-order valence-corrected chi connectivity index (χ0v) is 13.2. The summed E-state index contributed by atoms with van der Waals surface area (Å²) in [4.78, 5) is 24.2. The minimum Gasteiger partial charge on any atom is -0.444 e. The lowest BCUT2D eigenvalue weighted by Crippen LogP contribution is -2.36. The zero-order valence-electron chi connectivity index (χ0n) is 11.1. The van der Waals surface area contributed by atoms with Gasteiger partial charge in [0, 0.05) is 13.0 Å². The fraction of sp³-hybridized carbons (Fsp3) is 0.833. The Kier molecular flexibility index (Phi) is 5.84. The molecule has 1 rings (SSSR count). The standard InChI is InChI=1S/C12H20INO4/c1-12(2,3)18-11(16)14-6-4-9(8-14)17-7-5-10(13)15/h9H,4-8H2,1-3H3/t9-/m1/s1. The highest BCUT2D eigenvalue weighted by Gasteiger charge is 2.30. The van der Waals surface area contributed by atoms with Crippen molar-refractivity contribution in [2.75, 3.05) is 19.7 Å². The molecule has 1 saturated heterocycles. The third kappa shape index (κ3) is 5.99. The van der Waals surface area contributed by atoms with Gasteiger partial charge in [0.1, 0.15) is 5.60 Å². The lowest BCUT2D eigenvalue weighted by atomic mass is 10.2. The Balaban J connectivity index is 2.28. The molecule has 1 aliphatic heterocycles. The maximum Gasteiger partial charge on any atom is 0.410 e. The quantitative estimate of drug-likeness (QED) is 0.564. The van der Waals surface area contributed by atoms with Crippen molar-refractivity contribution >= 4 is 32.5 Å². The SMILES string of the molecule is CC(C)(C)OC(=O)N1CC[C@@H](OCCC(=O)I)C1. The van der Waals surface area contributed by atoms with E-state index in [4.69, 9.17) is 9.47 Å². The molecule has 0 N–H and O–H groups in total. The monoisotopic (exact) mass is 369 g/mol. The molecule has 0 aromatic carbocycles. The maximum atomic E-state index is 11.8. The molecule has 1 heterocycles. The summed E-state index contributed by atoms with van der Waals surface area (Å²) >= 11 is 1.75. The second-order valence-electron chi connectivity index (χ2n) is 5.31. The van der Waals surface area contributed by atoms with Crippen molar-refractivity contribution in [3.63, 3.8) is 0 Å². The molecule has 0 bridgehead atoms. The van der Waals surface area contributed by atoms with E-state index in [2.05, 4.69) is 0 Å². The zero-order chi connectivity index (χ0) is 13.8. The Morgan fingerprint density at radius 3 is 2.61 bits per heavy atom. The molecule has 0 unspecified atom stereocenters.